The molecule has 5 heteroatoms. The van der Waals surface area contributed by atoms with Crippen LogP contribution in [0.4, 0.5) is 0 Å². The van der Waals surface area contributed by atoms with Gasteiger partial charge in [-0.15, -0.1) is 0 Å². The minimum absolute atomic E-state index is 0. The topological polar surface area (TPSA) is 65.0 Å². The third kappa shape index (κ3) is 4.55. The van der Waals surface area contributed by atoms with Crippen molar-refractivity contribution in [3.8, 4) is 0 Å². The fourth-order valence-corrected chi connectivity index (χ4v) is 1.93. The van der Waals surface area contributed by atoms with Crippen LogP contribution in [0.1, 0.15) is 42.5 Å². The van der Waals surface area contributed by atoms with Gasteiger partial charge in [-0.05, 0) is 12.3 Å². The first-order chi connectivity index (χ1) is 8.19. The molecule has 106 valence electrons. The smallest absolute Gasteiger partial charge is 0.219 e. The van der Waals surface area contributed by atoms with Crippen molar-refractivity contribution in [3.63, 3.8) is 0 Å². The molecule has 5 nitrogen and oxygen atoms in total. The Morgan fingerprint density at radius 1 is 1.50 bits per heavy atom. The summed E-state index contributed by atoms with van der Waals surface area (Å²) in [5.41, 5.74) is -0.529. The van der Waals surface area contributed by atoms with Crippen LogP contribution in [0.5, 0.6) is 0 Å². The van der Waals surface area contributed by atoms with Gasteiger partial charge in [-0.2, -0.15) is 0 Å². The first kappa shape index (κ1) is 14.8. The summed E-state index contributed by atoms with van der Waals surface area (Å²) < 4.78 is 5.18. The van der Waals surface area contributed by atoms with Crippen molar-refractivity contribution in [1.82, 2.24) is 4.90 Å². The van der Waals surface area contributed by atoms with Gasteiger partial charge in [-0.3, -0.25) is 9.79 Å². The molecule has 0 bridgehead atoms. The number of nitrogens with zero attached hydrogens (tertiary/aromatic N) is 2. The molecule has 0 unspecified atom stereocenters. The molecule has 1 aliphatic heterocycles. The van der Waals surface area contributed by atoms with Crippen LogP contribution in [0.25, 0.3) is 0 Å². The molecule has 0 spiro atoms. The number of hydrogen-bond acceptors (Lipinski definition) is 4. The first-order valence-corrected chi connectivity index (χ1v) is 6.38. The van der Waals surface area contributed by atoms with Gasteiger partial charge in [-0.1, -0.05) is 27.7 Å². The molecule has 1 saturated heterocycles. The zero-order valence-electron chi connectivity index (χ0n) is 11.9. The molecule has 1 aliphatic rings. The standard InChI is InChI=1S/C13H24N2O3.H2/c1-9-6-7-15(10(2)16)8-11(9)14-12(17)18-13(3,4)5;/h9,11H,6-8H2,1-5H3,(H,14,17);1H/p-1/t9-,11-;/m1./s1. The Balaban J connectivity index is 0.00000324. The predicted octanol–water partition coefficient (Wildman–Crippen LogP) is 1.02. The summed E-state index contributed by atoms with van der Waals surface area (Å²) in [4.78, 5) is 17.1. The van der Waals surface area contributed by atoms with Crippen molar-refractivity contribution in [3.05, 3.63) is 0 Å². The van der Waals surface area contributed by atoms with E-state index in [1.807, 2.05) is 20.8 Å². The quantitative estimate of drug-likeness (QED) is 0.520. The van der Waals surface area contributed by atoms with Gasteiger partial charge in [0.1, 0.15) is 6.08 Å². The number of carbonyl (C=O) groups excluding carboxylic acids is 1. The molecule has 1 fully saturated rings. The molecule has 0 N–H and O–H groups in total. The van der Waals surface area contributed by atoms with Gasteiger partial charge >= 0.3 is 0 Å². The number of aliphatic imine (C=N–C) groups is 1. The first-order valence-electron chi connectivity index (χ1n) is 6.38. The second-order valence-corrected chi connectivity index (χ2v) is 5.91. The highest BCUT2D eigenvalue weighted by Gasteiger charge is 2.27. The predicted molar refractivity (Wildman–Crippen MR) is 70.2 cm³/mol. The van der Waals surface area contributed by atoms with Crippen LogP contribution in [0.3, 0.4) is 0 Å². The van der Waals surface area contributed by atoms with Crippen LogP contribution in [-0.2, 0) is 9.53 Å². The molecule has 0 radical (unpaired) electrons. The minimum Gasteiger partial charge on any atom is -0.595 e. The molecule has 2 atom stereocenters. The van der Waals surface area contributed by atoms with Gasteiger partial charge in [0.15, 0.2) is 0 Å². The summed E-state index contributed by atoms with van der Waals surface area (Å²) in [6.45, 7) is 10.3. The Labute approximate surface area is 110 Å². The summed E-state index contributed by atoms with van der Waals surface area (Å²) in [6.07, 6.45) is 0.334. The molecule has 0 saturated carbocycles. The number of hydrogen-bond donors (Lipinski definition) is 0. The van der Waals surface area contributed by atoms with Gasteiger partial charge in [0.2, 0.25) is 5.91 Å². The van der Waals surface area contributed by atoms with Crippen molar-refractivity contribution in [2.75, 3.05) is 13.1 Å². The second-order valence-electron chi connectivity index (χ2n) is 5.91. The number of amides is 1. The molecular formula is C13H25N2O3-. The van der Waals surface area contributed by atoms with E-state index in [0.717, 1.165) is 13.0 Å². The van der Waals surface area contributed by atoms with E-state index >= 15 is 0 Å². The third-order valence-corrected chi connectivity index (χ3v) is 3.03. The summed E-state index contributed by atoms with van der Waals surface area (Å²) in [5.74, 6) is 0.333. The SMILES string of the molecule is CC(=O)N1CC[C@@H](C)[C@H](N=C([O-])OC(C)(C)C)C1.[HH]. The van der Waals surface area contributed by atoms with Gasteiger partial charge in [-0.25, -0.2) is 0 Å². The van der Waals surface area contributed by atoms with Crippen molar-refractivity contribution >= 4 is 12.0 Å². The van der Waals surface area contributed by atoms with Crippen LogP contribution < -0.4 is 5.11 Å². The van der Waals surface area contributed by atoms with E-state index in [2.05, 4.69) is 11.9 Å². The molecule has 18 heavy (non-hydrogen) atoms. The lowest BCUT2D eigenvalue weighted by atomic mass is 9.94. The molecule has 0 aromatic carbocycles. The van der Waals surface area contributed by atoms with E-state index < -0.39 is 11.7 Å². The maximum atomic E-state index is 11.7. The molecule has 1 rings (SSSR count). The summed E-state index contributed by atoms with van der Waals surface area (Å²) in [7, 11) is 0. The van der Waals surface area contributed by atoms with Crippen LogP contribution >= 0.6 is 0 Å². The molecule has 1 heterocycles. The number of likely N-dealkylation sites (tertiary alicyclic amines) is 1. The monoisotopic (exact) mass is 257 g/mol. The van der Waals surface area contributed by atoms with Crippen molar-refractivity contribution in [1.29, 1.82) is 0 Å². The largest absolute Gasteiger partial charge is 0.595 e. The maximum absolute atomic E-state index is 11.7. The number of carbonyl (C=O) groups is 1. The highest BCUT2D eigenvalue weighted by Crippen LogP contribution is 2.20. The maximum Gasteiger partial charge on any atom is 0.219 e. The van der Waals surface area contributed by atoms with Crippen LogP contribution in [0.2, 0.25) is 0 Å². The Morgan fingerprint density at radius 3 is 2.61 bits per heavy atom. The fraction of sp³-hybridized carbons (Fsp3) is 0.846. The highest BCUT2D eigenvalue weighted by atomic mass is 16.6. The number of piperidine rings is 1. The molecule has 0 aromatic rings. The normalized spacial score (nSPS) is 26.1. The van der Waals surface area contributed by atoms with Crippen molar-refractivity contribution in [2.45, 2.75) is 52.7 Å². The molecule has 1 amide bonds. The average molecular weight is 257 g/mol. The lowest BCUT2D eigenvalue weighted by Gasteiger charge is -2.36. The lowest BCUT2D eigenvalue weighted by Crippen LogP contribution is -2.45. The van der Waals surface area contributed by atoms with E-state index in [4.69, 9.17) is 4.74 Å². The third-order valence-electron chi connectivity index (χ3n) is 3.03. The molecule has 0 aromatic heterocycles. The highest BCUT2D eigenvalue weighted by molar-refractivity contribution is 5.73. The van der Waals surface area contributed by atoms with Gasteiger partial charge in [0.05, 0.1) is 6.04 Å². The van der Waals surface area contributed by atoms with Crippen LogP contribution in [-0.4, -0.2) is 41.6 Å². The lowest BCUT2D eigenvalue weighted by molar-refractivity contribution is -0.261. The summed E-state index contributed by atoms with van der Waals surface area (Å²) in [6, 6.07) is -0.155. The second kappa shape index (κ2) is 5.59. The number of rotatable bonds is 1. The van der Waals surface area contributed by atoms with Crippen molar-refractivity contribution in [2.24, 2.45) is 10.9 Å². The summed E-state index contributed by atoms with van der Waals surface area (Å²) in [5, 5.41) is 11.7. The minimum atomic E-state index is -0.537. The Kier molecular flexibility index (Phi) is 4.59. The zero-order valence-corrected chi connectivity index (χ0v) is 11.9. The Bertz CT molecular complexity index is 339. The van der Waals surface area contributed by atoms with Gasteiger partial charge in [0.25, 0.3) is 0 Å². The van der Waals surface area contributed by atoms with Gasteiger partial charge in [0, 0.05) is 27.0 Å². The van der Waals surface area contributed by atoms with Crippen LogP contribution in [0.15, 0.2) is 4.99 Å². The molecular weight excluding hydrogens is 232 g/mol. The van der Waals surface area contributed by atoms with E-state index in [9.17, 15) is 9.90 Å². The Morgan fingerprint density at radius 2 is 2.11 bits per heavy atom. The van der Waals surface area contributed by atoms with E-state index in [-0.39, 0.29) is 13.4 Å². The zero-order chi connectivity index (χ0) is 13.9. The summed E-state index contributed by atoms with van der Waals surface area (Å²) >= 11 is 0. The van der Waals surface area contributed by atoms with Gasteiger partial charge < -0.3 is 14.7 Å². The number of ether oxygens (including phenoxy) is 1. The fourth-order valence-electron chi connectivity index (χ4n) is 1.93. The molecule has 0 aliphatic carbocycles. The van der Waals surface area contributed by atoms with E-state index in [0.29, 0.717) is 12.5 Å². The average Bonchev–Trinajstić information content (AvgIpc) is 2.18. The van der Waals surface area contributed by atoms with Crippen molar-refractivity contribution < 1.29 is 16.1 Å². The Hall–Kier alpha value is -1.26. The van der Waals surface area contributed by atoms with Crippen LogP contribution in [0, 0.1) is 5.92 Å². The van der Waals surface area contributed by atoms with E-state index in [1.165, 1.54) is 0 Å². The van der Waals surface area contributed by atoms with E-state index in [1.54, 1.807) is 11.8 Å².